The van der Waals surface area contributed by atoms with Crippen molar-refractivity contribution in [1.82, 2.24) is 0 Å². The fraction of sp³-hybridized carbons (Fsp3) is 0.208. The van der Waals surface area contributed by atoms with Gasteiger partial charge in [0.2, 0.25) is 0 Å². The van der Waals surface area contributed by atoms with Crippen molar-refractivity contribution >= 4 is 0 Å². The van der Waals surface area contributed by atoms with Crippen LogP contribution in [0.1, 0.15) is 48.8 Å². The summed E-state index contributed by atoms with van der Waals surface area (Å²) in [6.45, 7) is 2.28. The van der Waals surface area contributed by atoms with Crippen LogP contribution in [-0.2, 0) is 32.7 Å². The zero-order valence-electron chi connectivity index (χ0n) is 14.9. The molecular formula is C24H25Y-. The van der Waals surface area contributed by atoms with E-state index in [1.807, 2.05) is 0 Å². The first-order chi connectivity index (χ1) is 11.9. The van der Waals surface area contributed by atoms with Crippen molar-refractivity contribution in [3.63, 3.8) is 0 Å². The Morgan fingerprint density at radius 3 is 1.56 bits per heavy atom. The zero-order valence-corrected chi connectivity index (χ0v) is 17.8. The molecule has 1 radical (unpaired) electrons. The van der Waals surface area contributed by atoms with Crippen LogP contribution in [0.2, 0.25) is 0 Å². The third-order valence-electron chi connectivity index (χ3n) is 4.60. The second-order valence-electron chi connectivity index (χ2n) is 6.31. The van der Waals surface area contributed by atoms with E-state index in [4.69, 9.17) is 0 Å². The van der Waals surface area contributed by atoms with Gasteiger partial charge >= 0.3 is 0 Å². The van der Waals surface area contributed by atoms with Gasteiger partial charge in [0.05, 0.1) is 0 Å². The monoisotopic (exact) mass is 402 g/mol. The molecule has 0 saturated carbocycles. The van der Waals surface area contributed by atoms with Gasteiger partial charge in [-0.05, 0) is 24.3 Å². The average molecular weight is 402 g/mol. The molecule has 0 N–H and O–H groups in total. The molecule has 1 heteroatoms. The van der Waals surface area contributed by atoms with E-state index in [-0.39, 0.29) is 32.7 Å². The second kappa shape index (κ2) is 10.6. The summed E-state index contributed by atoms with van der Waals surface area (Å²) in [5.74, 6) is 2.00. The van der Waals surface area contributed by atoms with Crippen LogP contribution in [0.5, 0.6) is 0 Å². The van der Waals surface area contributed by atoms with Crippen LogP contribution < -0.4 is 0 Å². The Bertz CT molecular complexity index is 667. The van der Waals surface area contributed by atoms with Crippen LogP contribution in [0, 0.1) is 5.92 Å². The summed E-state index contributed by atoms with van der Waals surface area (Å²) in [5, 5.41) is 0. The van der Waals surface area contributed by atoms with Crippen molar-refractivity contribution in [2.24, 2.45) is 0 Å². The van der Waals surface area contributed by atoms with Crippen LogP contribution in [0.4, 0.5) is 0 Å². The smallest absolute Gasteiger partial charge is 0 e. The van der Waals surface area contributed by atoms with E-state index >= 15 is 0 Å². The Morgan fingerprint density at radius 1 is 0.680 bits per heavy atom. The molecule has 0 heterocycles. The van der Waals surface area contributed by atoms with Gasteiger partial charge in [0.25, 0.3) is 0 Å². The molecule has 0 aromatic heterocycles. The molecule has 1 unspecified atom stereocenters. The number of rotatable bonds is 7. The van der Waals surface area contributed by atoms with Gasteiger partial charge in [0.15, 0.2) is 0 Å². The van der Waals surface area contributed by atoms with Crippen molar-refractivity contribution in [3.05, 3.63) is 114 Å². The van der Waals surface area contributed by atoms with Crippen molar-refractivity contribution < 1.29 is 32.7 Å². The molecule has 0 spiro atoms. The summed E-state index contributed by atoms with van der Waals surface area (Å²) < 4.78 is 0. The molecule has 0 aliphatic carbocycles. The van der Waals surface area contributed by atoms with Crippen molar-refractivity contribution in [2.45, 2.75) is 32.1 Å². The molecular weight excluding hydrogens is 377 g/mol. The van der Waals surface area contributed by atoms with Gasteiger partial charge < -0.3 is 0 Å². The molecule has 0 amide bonds. The summed E-state index contributed by atoms with van der Waals surface area (Å²) in [6, 6.07) is 32.6. The predicted molar refractivity (Wildman–Crippen MR) is 103 cm³/mol. The van der Waals surface area contributed by atoms with Gasteiger partial charge in [-0.15, -0.1) is 41.3 Å². The predicted octanol–water partition coefficient (Wildman–Crippen LogP) is 6.63. The molecule has 0 bridgehead atoms. The first kappa shape index (κ1) is 20.0. The standard InChI is InChI=1S/C24H25.Y/c1-2-12-23(20-13-6-3-7-14-20)19-24(21-15-8-4-9-16-21)22-17-10-5-11-18-22;/h3-11,13-18,23H,2,12,19H2,1H3;/q-1;. The van der Waals surface area contributed by atoms with E-state index in [9.17, 15) is 0 Å². The van der Waals surface area contributed by atoms with E-state index in [2.05, 4.69) is 97.9 Å². The summed E-state index contributed by atoms with van der Waals surface area (Å²) in [4.78, 5) is 0. The van der Waals surface area contributed by atoms with Crippen LogP contribution in [0.15, 0.2) is 91.0 Å². The molecule has 3 aromatic carbocycles. The van der Waals surface area contributed by atoms with E-state index in [1.165, 1.54) is 35.4 Å². The quantitative estimate of drug-likeness (QED) is 0.389. The molecule has 0 aliphatic heterocycles. The minimum atomic E-state index is 0. The molecule has 0 aliphatic rings. The van der Waals surface area contributed by atoms with Crippen LogP contribution in [0.25, 0.3) is 0 Å². The third kappa shape index (κ3) is 5.56. The molecule has 3 rings (SSSR count). The molecule has 3 aromatic rings. The van der Waals surface area contributed by atoms with Crippen molar-refractivity contribution in [2.75, 3.05) is 0 Å². The van der Waals surface area contributed by atoms with Crippen molar-refractivity contribution in [1.29, 1.82) is 0 Å². The molecule has 0 nitrogen and oxygen atoms in total. The van der Waals surface area contributed by atoms with Gasteiger partial charge in [-0.2, -0.15) is 0 Å². The largest absolute Gasteiger partial charge is 0.120 e. The summed E-state index contributed by atoms with van der Waals surface area (Å²) >= 11 is 0. The van der Waals surface area contributed by atoms with Gasteiger partial charge in [0, 0.05) is 32.7 Å². The van der Waals surface area contributed by atoms with Gasteiger partial charge in [-0.1, -0.05) is 80.1 Å². The fourth-order valence-corrected chi connectivity index (χ4v) is 3.39. The molecule has 0 fully saturated rings. The molecule has 1 atom stereocenters. The number of benzene rings is 3. The number of hydrogen-bond donors (Lipinski definition) is 0. The normalized spacial score (nSPS) is 11.4. The summed E-state index contributed by atoms with van der Waals surface area (Å²) in [7, 11) is 0. The van der Waals surface area contributed by atoms with E-state index < -0.39 is 0 Å². The third-order valence-corrected chi connectivity index (χ3v) is 4.60. The topological polar surface area (TPSA) is 0 Å². The van der Waals surface area contributed by atoms with Crippen molar-refractivity contribution in [3.8, 4) is 0 Å². The minimum absolute atomic E-state index is 0. The molecule has 125 valence electrons. The Kier molecular flexibility index (Phi) is 8.45. The summed E-state index contributed by atoms with van der Waals surface area (Å²) in [5.41, 5.74) is 4.12. The van der Waals surface area contributed by atoms with E-state index in [1.54, 1.807) is 0 Å². The summed E-state index contributed by atoms with van der Waals surface area (Å²) in [6.07, 6.45) is 3.50. The van der Waals surface area contributed by atoms with Crippen LogP contribution in [0.3, 0.4) is 0 Å². The number of hydrogen-bond acceptors (Lipinski definition) is 0. The SMILES string of the molecule is CCCC(C[C-](c1ccccc1)c1ccccc1)c1ccccc1.[Y]. The maximum Gasteiger partial charge on any atom is 0 e. The Hall–Kier alpha value is -1.37. The Morgan fingerprint density at radius 2 is 1.12 bits per heavy atom. The Balaban J connectivity index is 0.00000225. The van der Waals surface area contributed by atoms with E-state index in [0.717, 1.165) is 6.42 Å². The van der Waals surface area contributed by atoms with Crippen LogP contribution in [-0.4, -0.2) is 0 Å². The van der Waals surface area contributed by atoms with Gasteiger partial charge in [-0.3, -0.25) is 0 Å². The average Bonchev–Trinajstić information content (AvgIpc) is 2.67. The maximum atomic E-state index is 2.28. The Labute approximate surface area is 177 Å². The fourth-order valence-electron chi connectivity index (χ4n) is 3.39. The molecule has 0 saturated heterocycles. The maximum absolute atomic E-state index is 2.28. The first-order valence-electron chi connectivity index (χ1n) is 8.90. The van der Waals surface area contributed by atoms with E-state index in [0.29, 0.717) is 5.92 Å². The molecule has 25 heavy (non-hydrogen) atoms. The van der Waals surface area contributed by atoms with Gasteiger partial charge in [0.1, 0.15) is 0 Å². The minimum Gasteiger partial charge on any atom is -0.120 e. The second-order valence-corrected chi connectivity index (χ2v) is 6.31. The first-order valence-corrected chi connectivity index (χ1v) is 8.90. The van der Waals surface area contributed by atoms with Crippen LogP contribution >= 0.6 is 0 Å². The zero-order chi connectivity index (χ0) is 16.6. The van der Waals surface area contributed by atoms with Gasteiger partial charge in [-0.25, -0.2) is 0 Å².